The Bertz CT molecular complexity index is 1170. The maximum atomic E-state index is 12.8. The van der Waals surface area contributed by atoms with Crippen LogP contribution in [0.1, 0.15) is 16.7 Å². The summed E-state index contributed by atoms with van der Waals surface area (Å²) in [5, 5.41) is 5.57. The third-order valence-electron chi connectivity index (χ3n) is 5.03. The molecule has 4 aromatic carbocycles. The molecule has 4 aromatic rings. The van der Waals surface area contributed by atoms with E-state index in [2.05, 4.69) is 11.4 Å². The van der Waals surface area contributed by atoms with Gasteiger partial charge in [0.1, 0.15) is 11.5 Å². The van der Waals surface area contributed by atoms with Gasteiger partial charge in [0.2, 0.25) is 0 Å². The van der Waals surface area contributed by atoms with Gasteiger partial charge >= 0.3 is 6.18 Å². The van der Waals surface area contributed by atoms with Crippen molar-refractivity contribution in [2.24, 2.45) is 0 Å². The van der Waals surface area contributed by atoms with Gasteiger partial charge in [-0.15, -0.1) is 0 Å². The van der Waals surface area contributed by atoms with Crippen LogP contribution in [0.3, 0.4) is 0 Å². The van der Waals surface area contributed by atoms with Gasteiger partial charge in [-0.3, -0.25) is 0 Å². The summed E-state index contributed by atoms with van der Waals surface area (Å²) in [5.41, 5.74) is 1.10. The highest BCUT2D eigenvalue weighted by molar-refractivity contribution is 5.83. The fourth-order valence-corrected chi connectivity index (χ4v) is 3.45. The zero-order valence-corrected chi connectivity index (χ0v) is 16.8. The molecule has 0 aliphatic rings. The molecule has 0 fully saturated rings. The van der Waals surface area contributed by atoms with Gasteiger partial charge < -0.3 is 10.1 Å². The number of hydrogen-bond donors (Lipinski definition) is 1. The highest BCUT2D eigenvalue weighted by Crippen LogP contribution is 2.29. The summed E-state index contributed by atoms with van der Waals surface area (Å²) in [7, 11) is 0. The van der Waals surface area contributed by atoms with E-state index >= 15 is 0 Å². The number of ether oxygens (including phenoxy) is 1. The van der Waals surface area contributed by atoms with E-state index in [-0.39, 0.29) is 0 Å². The number of nitrogens with one attached hydrogen (secondary N) is 1. The van der Waals surface area contributed by atoms with Crippen LogP contribution < -0.4 is 10.1 Å². The van der Waals surface area contributed by atoms with Crippen molar-refractivity contribution in [1.82, 2.24) is 5.32 Å². The Morgan fingerprint density at radius 1 is 0.677 bits per heavy atom. The van der Waals surface area contributed by atoms with Crippen LogP contribution in [0.2, 0.25) is 0 Å². The number of fused-ring (bicyclic) bond motifs is 1. The summed E-state index contributed by atoms with van der Waals surface area (Å²) >= 11 is 0. The quantitative estimate of drug-likeness (QED) is 0.325. The van der Waals surface area contributed by atoms with Crippen LogP contribution in [0.5, 0.6) is 11.5 Å². The minimum absolute atomic E-state index is 0.525. The molecule has 0 aliphatic carbocycles. The highest BCUT2D eigenvalue weighted by atomic mass is 19.4. The Kier molecular flexibility index (Phi) is 6.23. The standard InChI is InChI=1S/C26H22F3NO/c27-26(28,29)23-9-3-5-19(15-23)13-14-30-18-20-6-4-10-24(16-20)31-25-12-11-21-7-1-2-8-22(21)17-25/h1-12,15-17,30H,13-14,18H2. The molecule has 31 heavy (non-hydrogen) atoms. The number of hydrogen-bond acceptors (Lipinski definition) is 2. The second kappa shape index (κ2) is 9.23. The summed E-state index contributed by atoms with van der Waals surface area (Å²) in [4.78, 5) is 0. The summed E-state index contributed by atoms with van der Waals surface area (Å²) in [6, 6.07) is 27.4. The lowest BCUT2D eigenvalue weighted by molar-refractivity contribution is -0.137. The van der Waals surface area contributed by atoms with Crippen molar-refractivity contribution in [2.75, 3.05) is 6.54 Å². The van der Waals surface area contributed by atoms with Crippen LogP contribution in [-0.4, -0.2) is 6.54 Å². The van der Waals surface area contributed by atoms with Crippen molar-refractivity contribution >= 4 is 10.8 Å². The molecule has 0 bridgehead atoms. The normalized spacial score (nSPS) is 11.6. The van der Waals surface area contributed by atoms with Crippen LogP contribution >= 0.6 is 0 Å². The van der Waals surface area contributed by atoms with Crippen LogP contribution in [0.25, 0.3) is 10.8 Å². The molecule has 0 aliphatic heterocycles. The first-order valence-corrected chi connectivity index (χ1v) is 10.1. The van der Waals surface area contributed by atoms with Crippen LogP contribution in [0, 0.1) is 0 Å². The second-order valence-corrected chi connectivity index (χ2v) is 7.38. The van der Waals surface area contributed by atoms with E-state index in [0.29, 0.717) is 25.1 Å². The molecule has 0 aromatic heterocycles. The van der Waals surface area contributed by atoms with E-state index in [4.69, 9.17) is 4.74 Å². The third kappa shape index (κ3) is 5.64. The maximum Gasteiger partial charge on any atom is 0.416 e. The molecule has 158 valence electrons. The van der Waals surface area contributed by atoms with Gasteiger partial charge in [0, 0.05) is 6.54 Å². The number of halogens is 3. The number of benzene rings is 4. The topological polar surface area (TPSA) is 21.3 Å². The minimum Gasteiger partial charge on any atom is -0.457 e. The van der Waals surface area contributed by atoms with Crippen molar-refractivity contribution in [3.8, 4) is 11.5 Å². The molecule has 0 saturated heterocycles. The molecule has 0 unspecified atom stereocenters. The van der Waals surface area contributed by atoms with Gasteiger partial charge in [0.05, 0.1) is 5.56 Å². The summed E-state index contributed by atoms with van der Waals surface area (Å²) in [6.07, 6.45) is -3.79. The molecule has 2 nitrogen and oxygen atoms in total. The molecule has 0 saturated carbocycles. The van der Waals surface area contributed by atoms with Crippen molar-refractivity contribution in [1.29, 1.82) is 0 Å². The SMILES string of the molecule is FC(F)(F)c1cccc(CCNCc2cccc(Oc3ccc4ccccc4c3)c2)c1. The number of alkyl halides is 3. The Morgan fingerprint density at radius 3 is 2.26 bits per heavy atom. The lowest BCUT2D eigenvalue weighted by Gasteiger charge is -2.11. The van der Waals surface area contributed by atoms with Gasteiger partial charge in [-0.1, -0.05) is 60.7 Å². The van der Waals surface area contributed by atoms with E-state index in [1.807, 2.05) is 60.7 Å². The Balaban J connectivity index is 1.32. The predicted molar refractivity (Wildman–Crippen MR) is 117 cm³/mol. The monoisotopic (exact) mass is 421 g/mol. The predicted octanol–water partition coefficient (Wildman–Crippen LogP) is 6.98. The van der Waals surface area contributed by atoms with Crippen molar-refractivity contribution < 1.29 is 17.9 Å². The molecule has 0 amide bonds. The second-order valence-electron chi connectivity index (χ2n) is 7.38. The lowest BCUT2D eigenvalue weighted by atomic mass is 10.1. The van der Waals surface area contributed by atoms with E-state index in [1.54, 1.807) is 6.07 Å². The first-order chi connectivity index (χ1) is 15.0. The van der Waals surface area contributed by atoms with Crippen LogP contribution in [0.15, 0.2) is 91.0 Å². The van der Waals surface area contributed by atoms with Crippen molar-refractivity contribution in [2.45, 2.75) is 19.1 Å². The van der Waals surface area contributed by atoms with Gasteiger partial charge in [-0.05, 0) is 65.2 Å². The smallest absolute Gasteiger partial charge is 0.416 e. The molecule has 0 radical (unpaired) electrons. The molecule has 0 heterocycles. The van der Waals surface area contributed by atoms with Gasteiger partial charge in [-0.25, -0.2) is 0 Å². The Morgan fingerprint density at radius 2 is 1.42 bits per heavy atom. The molecule has 5 heteroatoms. The molecule has 0 spiro atoms. The Labute approximate surface area is 179 Å². The van der Waals surface area contributed by atoms with Crippen LogP contribution in [0.4, 0.5) is 13.2 Å². The minimum atomic E-state index is -4.31. The zero-order chi connectivity index (χ0) is 21.7. The fourth-order valence-electron chi connectivity index (χ4n) is 3.45. The highest BCUT2D eigenvalue weighted by Gasteiger charge is 2.30. The fraction of sp³-hybridized carbons (Fsp3) is 0.154. The molecular weight excluding hydrogens is 399 g/mol. The van der Waals surface area contributed by atoms with E-state index < -0.39 is 11.7 Å². The lowest BCUT2D eigenvalue weighted by Crippen LogP contribution is -2.17. The van der Waals surface area contributed by atoms with Crippen LogP contribution in [-0.2, 0) is 19.1 Å². The van der Waals surface area contributed by atoms with E-state index in [9.17, 15) is 13.2 Å². The van der Waals surface area contributed by atoms with Gasteiger partial charge in [0.25, 0.3) is 0 Å². The average molecular weight is 421 g/mol. The van der Waals surface area contributed by atoms with Crippen molar-refractivity contribution in [3.63, 3.8) is 0 Å². The first kappa shape index (κ1) is 20.9. The average Bonchev–Trinajstić information content (AvgIpc) is 2.77. The summed E-state index contributed by atoms with van der Waals surface area (Å²) in [6.45, 7) is 1.19. The van der Waals surface area contributed by atoms with Crippen molar-refractivity contribution in [3.05, 3.63) is 108 Å². The maximum absolute atomic E-state index is 12.8. The third-order valence-corrected chi connectivity index (χ3v) is 5.03. The molecular formula is C26H22F3NO. The first-order valence-electron chi connectivity index (χ1n) is 10.1. The summed E-state index contributed by atoms with van der Waals surface area (Å²) < 4.78 is 44.5. The molecule has 4 rings (SSSR count). The van der Waals surface area contributed by atoms with E-state index in [0.717, 1.165) is 33.9 Å². The Hall–Kier alpha value is -3.31. The largest absolute Gasteiger partial charge is 0.457 e. The zero-order valence-electron chi connectivity index (χ0n) is 16.8. The van der Waals surface area contributed by atoms with Gasteiger partial charge in [-0.2, -0.15) is 13.2 Å². The summed E-state index contributed by atoms with van der Waals surface area (Å²) in [5.74, 6) is 1.51. The van der Waals surface area contributed by atoms with E-state index in [1.165, 1.54) is 12.1 Å². The van der Waals surface area contributed by atoms with Gasteiger partial charge in [0.15, 0.2) is 0 Å². The number of rotatable bonds is 7. The molecule has 1 N–H and O–H groups in total. The molecule has 0 atom stereocenters.